The number of carbonyl (C=O) groups excluding carboxylic acids is 1. The smallest absolute Gasteiger partial charge is 0.220 e. The zero-order valence-corrected chi connectivity index (χ0v) is 11.5. The lowest BCUT2D eigenvalue weighted by atomic mass is 10.0. The lowest BCUT2D eigenvalue weighted by molar-refractivity contribution is -0.121. The van der Waals surface area contributed by atoms with E-state index in [4.69, 9.17) is 5.73 Å². The Labute approximate surface area is 114 Å². The number of hydrogen-bond acceptors (Lipinski definition) is 2. The molecule has 0 aliphatic rings. The molecule has 0 heterocycles. The lowest BCUT2D eigenvalue weighted by Crippen LogP contribution is -2.26. The predicted octanol–water partition coefficient (Wildman–Crippen LogP) is 2.25. The first-order valence-electron chi connectivity index (χ1n) is 6.83. The Kier molecular flexibility index (Phi) is 7.11. The van der Waals surface area contributed by atoms with Crippen LogP contribution < -0.4 is 11.1 Å². The van der Waals surface area contributed by atoms with E-state index >= 15 is 0 Å². The van der Waals surface area contributed by atoms with Crippen molar-refractivity contribution in [2.45, 2.75) is 32.6 Å². The van der Waals surface area contributed by atoms with Crippen LogP contribution >= 0.6 is 0 Å². The fourth-order valence-corrected chi connectivity index (χ4v) is 1.93. The number of hydrogen-bond donors (Lipinski definition) is 2. The molecule has 1 atom stereocenters. The number of carbonyl (C=O) groups is 1. The highest BCUT2D eigenvalue weighted by Gasteiger charge is 2.06. The van der Waals surface area contributed by atoms with Crippen LogP contribution in [0.25, 0.3) is 0 Å². The maximum atomic E-state index is 13.3. The SMILES string of the molecule is CC(CCN)CCC(=O)NCCc1ccccc1F. The highest BCUT2D eigenvalue weighted by Crippen LogP contribution is 2.09. The molecule has 3 nitrogen and oxygen atoms in total. The van der Waals surface area contributed by atoms with Crippen molar-refractivity contribution in [3.8, 4) is 0 Å². The zero-order chi connectivity index (χ0) is 14.1. The van der Waals surface area contributed by atoms with Gasteiger partial charge in [-0.25, -0.2) is 4.39 Å². The second-order valence-electron chi connectivity index (χ2n) is 4.91. The molecular formula is C15H23FN2O. The number of nitrogens with one attached hydrogen (secondary N) is 1. The van der Waals surface area contributed by atoms with E-state index in [-0.39, 0.29) is 11.7 Å². The van der Waals surface area contributed by atoms with Crippen LogP contribution in [0, 0.1) is 11.7 Å². The van der Waals surface area contributed by atoms with Crippen LogP contribution in [0.5, 0.6) is 0 Å². The Morgan fingerprint density at radius 2 is 2.11 bits per heavy atom. The van der Waals surface area contributed by atoms with Gasteiger partial charge in [0.25, 0.3) is 0 Å². The minimum absolute atomic E-state index is 0.0280. The summed E-state index contributed by atoms with van der Waals surface area (Å²) >= 11 is 0. The van der Waals surface area contributed by atoms with E-state index in [0.29, 0.717) is 37.4 Å². The first kappa shape index (κ1) is 15.6. The molecule has 1 aromatic rings. The van der Waals surface area contributed by atoms with Gasteiger partial charge in [0.2, 0.25) is 5.91 Å². The van der Waals surface area contributed by atoms with Gasteiger partial charge in [0, 0.05) is 13.0 Å². The van der Waals surface area contributed by atoms with Crippen molar-refractivity contribution in [3.63, 3.8) is 0 Å². The highest BCUT2D eigenvalue weighted by molar-refractivity contribution is 5.75. The van der Waals surface area contributed by atoms with Gasteiger partial charge in [0.1, 0.15) is 5.82 Å². The van der Waals surface area contributed by atoms with Crippen molar-refractivity contribution in [2.24, 2.45) is 11.7 Å². The second-order valence-corrected chi connectivity index (χ2v) is 4.91. The van der Waals surface area contributed by atoms with Crippen molar-refractivity contribution in [1.29, 1.82) is 0 Å². The van der Waals surface area contributed by atoms with Gasteiger partial charge in [0.05, 0.1) is 0 Å². The molecule has 0 spiro atoms. The van der Waals surface area contributed by atoms with Crippen molar-refractivity contribution < 1.29 is 9.18 Å². The Morgan fingerprint density at radius 1 is 1.37 bits per heavy atom. The largest absolute Gasteiger partial charge is 0.356 e. The third kappa shape index (κ3) is 6.34. The minimum Gasteiger partial charge on any atom is -0.356 e. The lowest BCUT2D eigenvalue weighted by Gasteiger charge is -2.10. The summed E-state index contributed by atoms with van der Waals surface area (Å²) in [6, 6.07) is 6.64. The molecule has 0 aromatic heterocycles. The average Bonchev–Trinajstić information content (AvgIpc) is 2.39. The monoisotopic (exact) mass is 266 g/mol. The van der Waals surface area contributed by atoms with Crippen molar-refractivity contribution in [2.75, 3.05) is 13.1 Å². The predicted molar refractivity (Wildman–Crippen MR) is 75.2 cm³/mol. The van der Waals surface area contributed by atoms with Gasteiger partial charge in [-0.2, -0.15) is 0 Å². The van der Waals surface area contributed by atoms with Crippen molar-refractivity contribution >= 4 is 5.91 Å². The van der Waals surface area contributed by atoms with Crippen molar-refractivity contribution in [3.05, 3.63) is 35.6 Å². The molecule has 0 radical (unpaired) electrons. The van der Waals surface area contributed by atoms with E-state index in [1.165, 1.54) is 6.07 Å². The third-order valence-corrected chi connectivity index (χ3v) is 3.20. The Morgan fingerprint density at radius 3 is 2.79 bits per heavy atom. The minimum atomic E-state index is -0.215. The van der Waals surface area contributed by atoms with E-state index in [1.54, 1.807) is 18.2 Å². The topological polar surface area (TPSA) is 55.1 Å². The molecule has 0 aliphatic heterocycles. The Balaban J connectivity index is 2.19. The molecule has 0 saturated heterocycles. The standard InChI is InChI=1S/C15H23FN2O/c1-12(8-10-17)6-7-15(19)18-11-9-13-4-2-3-5-14(13)16/h2-5,12H,6-11,17H2,1H3,(H,18,19). The maximum absolute atomic E-state index is 13.3. The molecule has 19 heavy (non-hydrogen) atoms. The van der Waals surface area contributed by atoms with E-state index in [0.717, 1.165) is 12.8 Å². The summed E-state index contributed by atoms with van der Waals surface area (Å²) in [6.07, 6.45) is 2.83. The molecule has 1 aromatic carbocycles. The molecule has 1 rings (SSSR count). The molecule has 1 unspecified atom stereocenters. The maximum Gasteiger partial charge on any atom is 0.220 e. The summed E-state index contributed by atoms with van der Waals surface area (Å²) in [5.74, 6) is 0.288. The molecule has 0 aliphatic carbocycles. The Hall–Kier alpha value is -1.42. The van der Waals surface area contributed by atoms with Gasteiger partial charge in [-0.3, -0.25) is 4.79 Å². The number of nitrogens with two attached hydrogens (primary N) is 1. The molecule has 3 N–H and O–H groups in total. The van der Waals surface area contributed by atoms with Crippen molar-refractivity contribution in [1.82, 2.24) is 5.32 Å². The fourth-order valence-electron chi connectivity index (χ4n) is 1.93. The molecule has 1 amide bonds. The summed E-state index contributed by atoms with van der Waals surface area (Å²) in [7, 11) is 0. The number of rotatable bonds is 8. The van der Waals surface area contributed by atoms with Gasteiger partial charge in [0.15, 0.2) is 0 Å². The Bertz CT molecular complexity index is 395. The summed E-state index contributed by atoms with van der Waals surface area (Å²) in [5, 5.41) is 2.82. The number of amides is 1. The van der Waals surface area contributed by atoms with Gasteiger partial charge in [-0.1, -0.05) is 25.1 Å². The molecule has 0 saturated carbocycles. The van der Waals surface area contributed by atoms with Crippen LogP contribution in [0.1, 0.15) is 31.7 Å². The summed E-state index contributed by atoms with van der Waals surface area (Å²) in [4.78, 5) is 11.6. The normalized spacial score (nSPS) is 12.2. The zero-order valence-electron chi connectivity index (χ0n) is 11.5. The van der Waals surface area contributed by atoms with E-state index in [2.05, 4.69) is 12.2 Å². The van der Waals surface area contributed by atoms with Crippen LogP contribution in [0.4, 0.5) is 4.39 Å². The average molecular weight is 266 g/mol. The van der Waals surface area contributed by atoms with Gasteiger partial charge >= 0.3 is 0 Å². The van der Waals surface area contributed by atoms with Gasteiger partial charge in [-0.15, -0.1) is 0 Å². The molecule has 4 heteroatoms. The fraction of sp³-hybridized carbons (Fsp3) is 0.533. The number of benzene rings is 1. The quantitative estimate of drug-likeness (QED) is 0.758. The highest BCUT2D eigenvalue weighted by atomic mass is 19.1. The van der Waals surface area contributed by atoms with E-state index in [1.807, 2.05) is 0 Å². The summed E-state index contributed by atoms with van der Waals surface area (Å²) < 4.78 is 13.3. The van der Waals surface area contributed by atoms with Crippen LogP contribution in [-0.2, 0) is 11.2 Å². The second kappa shape index (κ2) is 8.64. The first-order chi connectivity index (χ1) is 9.13. The van der Waals surface area contributed by atoms with E-state index < -0.39 is 0 Å². The molecular weight excluding hydrogens is 243 g/mol. The summed E-state index contributed by atoms with van der Waals surface area (Å²) in [5.41, 5.74) is 6.10. The van der Waals surface area contributed by atoms with Crippen LogP contribution in [0.15, 0.2) is 24.3 Å². The van der Waals surface area contributed by atoms with Gasteiger partial charge < -0.3 is 11.1 Å². The van der Waals surface area contributed by atoms with E-state index in [9.17, 15) is 9.18 Å². The summed E-state index contributed by atoms with van der Waals surface area (Å²) in [6.45, 7) is 3.24. The van der Waals surface area contributed by atoms with Gasteiger partial charge in [-0.05, 0) is 43.4 Å². The molecule has 0 bridgehead atoms. The molecule has 106 valence electrons. The van der Waals surface area contributed by atoms with Crippen LogP contribution in [-0.4, -0.2) is 19.0 Å². The van der Waals surface area contributed by atoms with Crippen LogP contribution in [0.3, 0.4) is 0 Å². The van der Waals surface area contributed by atoms with Crippen LogP contribution in [0.2, 0.25) is 0 Å². The first-order valence-corrected chi connectivity index (χ1v) is 6.83. The molecule has 0 fully saturated rings. The number of halogens is 1. The third-order valence-electron chi connectivity index (χ3n) is 3.20.